The Morgan fingerprint density at radius 3 is 2.68 bits per heavy atom. The lowest BCUT2D eigenvalue weighted by Gasteiger charge is -2.30. The first-order valence-corrected chi connectivity index (χ1v) is 11.8. The lowest BCUT2D eigenvalue weighted by atomic mass is 9.80. The quantitative estimate of drug-likeness (QED) is 0.389. The summed E-state index contributed by atoms with van der Waals surface area (Å²) in [7, 11) is 0. The maximum atomic E-state index is 13.7. The van der Waals surface area contributed by atoms with Gasteiger partial charge < -0.3 is 15.1 Å². The third-order valence-electron chi connectivity index (χ3n) is 6.54. The Labute approximate surface area is 197 Å². The molecule has 0 bridgehead atoms. The number of hydrogen-bond donors (Lipinski definition) is 2. The highest BCUT2D eigenvalue weighted by molar-refractivity contribution is 6.04. The molecule has 9 heteroatoms. The molecular formula is C25H31F2N5O2. The highest BCUT2D eigenvalue weighted by Gasteiger charge is 2.28. The van der Waals surface area contributed by atoms with Crippen molar-refractivity contribution in [3.05, 3.63) is 48.1 Å². The van der Waals surface area contributed by atoms with Crippen LogP contribution in [0.3, 0.4) is 0 Å². The minimum atomic E-state index is -2.79. The van der Waals surface area contributed by atoms with Crippen molar-refractivity contribution in [2.75, 3.05) is 17.2 Å². The van der Waals surface area contributed by atoms with Crippen LogP contribution in [-0.2, 0) is 0 Å². The first-order valence-electron chi connectivity index (χ1n) is 11.8. The molecule has 3 aromatic rings. The van der Waals surface area contributed by atoms with Crippen molar-refractivity contribution in [1.29, 1.82) is 0 Å². The molecule has 0 unspecified atom stereocenters. The zero-order valence-electron chi connectivity index (χ0n) is 19.7. The SMILES string of the molecule is CCNc1cc(-c2cc(C(=O)Nc3cn([C@H]4CC[C@H](C(C)C)CC4)nc3C(F)F)co2)ccn1. The topological polar surface area (TPSA) is 85.0 Å². The summed E-state index contributed by atoms with van der Waals surface area (Å²) in [5, 5.41) is 9.87. The van der Waals surface area contributed by atoms with Gasteiger partial charge in [0.2, 0.25) is 0 Å². The van der Waals surface area contributed by atoms with Gasteiger partial charge in [-0.3, -0.25) is 9.48 Å². The highest BCUT2D eigenvalue weighted by atomic mass is 19.3. The van der Waals surface area contributed by atoms with Crippen molar-refractivity contribution >= 4 is 17.4 Å². The van der Waals surface area contributed by atoms with E-state index in [0.29, 0.717) is 23.4 Å². The zero-order valence-corrected chi connectivity index (χ0v) is 19.7. The largest absolute Gasteiger partial charge is 0.464 e. The van der Waals surface area contributed by atoms with Crippen LogP contribution in [-0.4, -0.2) is 27.2 Å². The van der Waals surface area contributed by atoms with E-state index < -0.39 is 18.0 Å². The molecule has 0 saturated heterocycles. The van der Waals surface area contributed by atoms with Crippen LogP contribution in [0, 0.1) is 11.8 Å². The van der Waals surface area contributed by atoms with Gasteiger partial charge in [0, 0.05) is 24.5 Å². The molecule has 182 valence electrons. The van der Waals surface area contributed by atoms with Gasteiger partial charge in [0.25, 0.3) is 12.3 Å². The molecule has 34 heavy (non-hydrogen) atoms. The average Bonchev–Trinajstić information content (AvgIpc) is 3.48. The second-order valence-corrected chi connectivity index (χ2v) is 9.14. The first-order chi connectivity index (χ1) is 16.4. The Hall–Kier alpha value is -3.23. The van der Waals surface area contributed by atoms with Gasteiger partial charge in [-0.05, 0) is 62.6 Å². The molecule has 7 nitrogen and oxygen atoms in total. The highest BCUT2D eigenvalue weighted by Crippen LogP contribution is 2.37. The number of nitrogens with one attached hydrogen (secondary N) is 2. The Morgan fingerprint density at radius 2 is 2.00 bits per heavy atom. The molecule has 0 atom stereocenters. The molecule has 0 aromatic carbocycles. The minimum absolute atomic E-state index is 0.0343. The molecule has 0 spiro atoms. The summed E-state index contributed by atoms with van der Waals surface area (Å²) < 4.78 is 34.6. The monoisotopic (exact) mass is 471 g/mol. The van der Waals surface area contributed by atoms with Gasteiger partial charge >= 0.3 is 0 Å². The summed E-state index contributed by atoms with van der Waals surface area (Å²) in [5.74, 6) is 1.93. The summed E-state index contributed by atoms with van der Waals surface area (Å²) in [6.07, 6.45) is 5.60. The predicted molar refractivity (Wildman–Crippen MR) is 127 cm³/mol. The van der Waals surface area contributed by atoms with E-state index in [2.05, 4.69) is 34.6 Å². The number of nitrogens with zero attached hydrogens (tertiary/aromatic N) is 3. The van der Waals surface area contributed by atoms with Gasteiger partial charge in [-0.1, -0.05) is 13.8 Å². The summed E-state index contributed by atoms with van der Waals surface area (Å²) in [6, 6.07) is 5.24. The number of alkyl halides is 2. The molecule has 1 aliphatic rings. The molecule has 3 heterocycles. The van der Waals surface area contributed by atoms with Crippen LogP contribution in [0.1, 0.15) is 75.0 Å². The van der Waals surface area contributed by atoms with Crippen LogP contribution in [0.15, 0.2) is 41.3 Å². The number of halogens is 2. The number of pyridine rings is 1. The number of aromatic nitrogens is 3. The van der Waals surface area contributed by atoms with E-state index in [9.17, 15) is 13.6 Å². The minimum Gasteiger partial charge on any atom is -0.464 e. The van der Waals surface area contributed by atoms with E-state index in [-0.39, 0.29) is 17.3 Å². The number of furan rings is 1. The number of hydrogen-bond acceptors (Lipinski definition) is 5. The summed E-state index contributed by atoms with van der Waals surface area (Å²) in [5.41, 5.74) is 0.616. The summed E-state index contributed by atoms with van der Waals surface area (Å²) in [4.78, 5) is 17.0. The lowest BCUT2D eigenvalue weighted by Crippen LogP contribution is -2.21. The predicted octanol–water partition coefficient (Wildman–Crippen LogP) is 6.55. The van der Waals surface area contributed by atoms with Crippen LogP contribution in [0.25, 0.3) is 11.3 Å². The normalized spacial score (nSPS) is 18.4. The van der Waals surface area contributed by atoms with E-state index in [4.69, 9.17) is 4.42 Å². The van der Waals surface area contributed by atoms with Gasteiger partial charge in [0.15, 0.2) is 5.69 Å². The van der Waals surface area contributed by atoms with Crippen molar-refractivity contribution in [1.82, 2.24) is 14.8 Å². The van der Waals surface area contributed by atoms with Crippen molar-refractivity contribution in [2.45, 2.75) is 58.9 Å². The van der Waals surface area contributed by atoms with Crippen LogP contribution >= 0.6 is 0 Å². The van der Waals surface area contributed by atoms with E-state index in [1.807, 2.05) is 13.0 Å². The maximum Gasteiger partial charge on any atom is 0.284 e. The second-order valence-electron chi connectivity index (χ2n) is 9.14. The van der Waals surface area contributed by atoms with Gasteiger partial charge in [0.1, 0.15) is 17.8 Å². The van der Waals surface area contributed by atoms with Crippen LogP contribution in [0.2, 0.25) is 0 Å². The summed E-state index contributed by atoms with van der Waals surface area (Å²) >= 11 is 0. The Morgan fingerprint density at radius 1 is 1.24 bits per heavy atom. The molecule has 4 rings (SSSR count). The maximum absolute atomic E-state index is 13.7. The van der Waals surface area contributed by atoms with E-state index in [1.54, 1.807) is 23.0 Å². The Kier molecular flexibility index (Phi) is 7.29. The fourth-order valence-corrected chi connectivity index (χ4v) is 4.55. The van der Waals surface area contributed by atoms with Crippen LogP contribution < -0.4 is 10.6 Å². The van der Waals surface area contributed by atoms with Gasteiger partial charge in [0.05, 0.1) is 17.3 Å². The zero-order chi connectivity index (χ0) is 24.2. The van der Waals surface area contributed by atoms with Crippen molar-refractivity contribution in [3.63, 3.8) is 0 Å². The van der Waals surface area contributed by atoms with E-state index in [1.165, 1.54) is 12.5 Å². The molecule has 2 N–H and O–H groups in total. The fraction of sp³-hybridized carbons (Fsp3) is 0.480. The number of rotatable bonds is 8. The summed E-state index contributed by atoms with van der Waals surface area (Å²) in [6.45, 7) is 7.13. The molecular weight excluding hydrogens is 440 g/mol. The third-order valence-corrected chi connectivity index (χ3v) is 6.54. The molecule has 3 aromatic heterocycles. The van der Waals surface area contributed by atoms with Gasteiger partial charge in [-0.2, -0.15) is 5.10 Å². The van der Waals surface area contributed by atoms with Crippen molar-refractivity contribution in [2.24, 2.45) is 11.8 Å². The standard InChI is InChI=1S/C25H31F2N5O2/c1-4-28-22-12-17(9-10-29-22)21-11-18(14-34-21)25(33)30-20-13-32(31-23(20)24(26)27)19-7-5-16(6-8-19)15(2)3/h9-16,19,24H,4-8H2,1-3H3,(H,28,29)(H,30,33)/t16-,19-. The van der Waals surface area contributed by atoms with E-state index in [0.717, 1.165) is 37.8 Å². The van der Waals surface area contributed by atoms with Crippen molar-refractivity contribution < 1.29 is 18.0 Å². The van der Waals surface area contributed by atoms with Gasteiger partial charge in [-0.25, -0.2) is 13.8 Å². The molecule has 1 amide bonds. The molecule has 0 aliphatic heterocycles. The fourth-order valence-electron chi connectivity index (χ4n) is 4.55. The molecule has 1 fully saturated rings. The first kappa shape index (κ1) is 23.9. The molecule has 1 aliphatic carbocycles. The van der Waals surface area contributed by atoms with E-state index >= 15 is 0 Å². The third kappa shape index (κ3) is 5.29. The van der Waals surface area contributed by atoms with Crippen LogP contribution in [0.4, 0.5) is 20.3 Å². The van der Waals surface area contributed by atoms with Gasteiger partial charge in [-0.15, -0.1) is 0 Å². The number of amides is 1. The smallest absolute Gasteiger partial charge is 0.284 e. The number of carbonyl (C=O) groups excluding carboxylic acids is 1. The second kappa shape index (κ2) is 10.4. The molecule has 0 radical (unpaired) electrons. The number of carbonyl (C=O) groups is 1. The number of anilines is 2. The Balaban J connectivity index is 1.48. The van der Waals surface area contributed by atoms with Crippen LogP contribution in [0.5, 0.6) is 0 Å². The Bertz CT molecular complexity index is 1120. The van der Waals surface area contributed by atoms with Crippen molar-refractivity contribution in [3.8, 4) is 11.3 Å². The lowest BCUT2D eigenvalue weighted by molar-refractivity contribution is 0.102. The average molecular weight is 472 g/mol. The molecule has 1 saturated carbocycles.